The van der Waals surface area contributed by atoms with E-state index in [0.29, 0.717) is 12.8 Å². The highest BCUT2D eigenvalue weighted by atomic mass is 35.5. The molecule has 0 aromatic carbocycles. The van der Waals surface area contributed by atoms with Crippen LogP contribution < -0.4 is 0 Å². The van der Waals surface area contributed by atoms with Crippen molar-refractivity contribution >= 4 is 46.4 Å². The van der Waals surface area contributed by atoms with Crippen molar-refractivity contribution in [3.8, 4) is 12.3 Å². The van der Waals surface area contributed by atoms with Gasteiger partial charge in [0.2, 0.25) is 5.79 Å². The molecule has 1 saturated carbocycles. The Hall–Kier alpha value is 0.380. The van der Waals surface area contributed by atoms with E-state index >= 15 is 0 Å². The first-order chi connectivity index (χ1) is 8.35. The molecule has 0 spiro atoms. The van der Waals surface area contributed by atoms with Gasteiger partial charge in [-0.15, -0.1) is 35.5 Å². The lowest BCUT2D eigenvalue weighted by atomic mass is 9.89. The van der Waals surface area contributed by atoms with Gasteiger partial charge >= 0.3 is 0 Å². The molecule has 0 aromatic heterocycles. The SMILES string of the molecule is C#CCC1CC2(Cl)C(Cl)=C(Cl)C1(Cl)C2(OC)OC. The van der Waals surface area contributed by atoms with Gasteiger partial charge in [-0.25, -0.2) is 0 Å². The van der Waals surface area contributed by atoms with Crippen LogP contribution in [0.5, 0.6) is 0 Å². The lowest BCUT2D eigenvalue weighted by molar-refractivity contribution is -0.218. The van der Waals surface area contributed by atoms with Gasteiger partial charge in [-0.3, -0.25) is 0 Å². The monoisotopic (exact) mass is 328 g/mol. The molecule has 0 radical (unpaired) electrons. The molecular weight excluding hydrogens is 318 g/mol. The lowest BCUT2D eigenvalue weighted by Gasteiger charge is -2.41. The molecule has 0 aliphatic heterocycles. The summed E-state index contributed by atoms with van der Waals surface area (Å²) in [6, 6.07) is 0. The largest absolute Gasteiger partial charge is 0.350 e. The second-order valence-electron chi connectivity index (χ2n) is 4.48. The van der Waals surface area contributed by atoms with Crippen LogP contribution in [0.1, 0.15) is 12.8 Å². The zero-order valence-electron chi connectivity index (χ0n) is 9.90. The van der Waals surface area contributed by atoms with Crippen LogP contribution in [0.3, 0.4) is 0 Å². The Morgan fingerprint density at radius 2 is 1.83 bits per heavy atom. The van der Waals surface area contributed by atoms with Crippen LogP contribution in [0.4, 0.5) is 0 Å². The molecule has 6 heteroatoms. The fourth-order valence-electron chi connectivity index (χ4n) is 3.12. The molecule has 2 bridgehead atoms. The fraction of sp³-hybridized carbons (Fsp3) is 0.667. The average molecular weight is 330 g/mol. The summed E-state index contributed by atoms with van der Waals surface area (Å²) in [4.78, 5) is -2.25. The summed E-state index contributed by atoms with van der Waals surface area (Å²) in [5.41, 5.74) is 0. The second kappa shape index (κ2) is 4.45. The molecule has 2 rings (SSSR count). The first kappa shape index (κ1) is 14.8. The van der Waals surface area contributed by atoms with Crippen LogP contribution in [0.2, 0.25) is 0 Å². The Morgan fingerprint density at radius 3 is 2.22 bits per heavy atom. The van der Waals surface area contributed by atoms with Crippen LogP contribution in [0.15, 0.2) is 10.1 Å². The van der Waals surface area contributed by atoms with Gasteiger partial charge in [0.25, 0.3) is 0 Å². The standard InChI is InChI=1S/C12H12Cl4O2/c1-4-5-7-6-10(15)8(13)9(14)11(7,16)12(10,17-2)18-3/h1,7H,5-6H2,2-3H3. The first-order valence-electron chi connectivity index (χ1n) is 5.33. The van der Waals surface area contributed by atoms with Crippen molar-refractivity contribution < 1.29 is 9.47 Å². The summed E-state index contributed by atoms with van der Waals surface area (Å²) in [6.45, 7) is 0. The van der Waals surface area contributed by atoms with Gasteiger partial charge in [-0.05, 0) is 6.42 Å². The third kappa shape index (κ3) is 1.31. The summed E-state index contributed by atoms with van der Waals surface area (Å²) in [6.07, 6.45) is 6.25. The minimum Gasteiger partial charge on any atom is -0.350 e. The Kier molecular flexibility index (Phi) is 3.65. The Labute approximate surface area is 126 Å². The van der Waals surface area contributed by atoms with E-state index in [1.165, 1.54) is 14.2 Å². The maximum absolute atomic E-state index is 6.70. The normalized spacial score (nSPS) is 41.3. The number of ether oxygens (including phenoxy) is 2. The molecule has 0 heterocycles. The molecule has 18 heavy (non-hydrogen) atoms. The summed E-state index contributed by atoms with van der Waals surface area (Å²) in [5, 5.41) is 0.536. The predicted octanol–water partition coefficient (Wildman–Crippen LogP) is 3.68. The fourth-order valence-corrected chi connectivity index (χ4v) is 5.21. The van der Waals surface area contributed by atoms with Gasteiger partial charge in [0.1, 0.15) is 9.75 Å². The summed E-state index contributed by atoms with van der Waals surface area (Å²) < 4.78 is 11.0. The minimum atomic E-state index is -1.31. The van der Waals surface area contributed by atoms with E-state index in [0.717, 1.165) is 0 Å². The van der Waals surface area contributed by atoms with Crippen molar-refractivity contribution in [1.82, 2.24) is 0 Å². The summed E-state index contributed by atoms with van der Waals surface area (Å²) in [7, 11) is 2.94. The molecule has 0 saturated heterocycles. The highest BCUT2D eigenvalue weighted by Crippen LogP contribution is 2.72. The van der Waals surface area contributed by atoms with E-state index < -0.39 is 15.5 Å². The van der Waals surface area contributed by atoms with Crippen LogP contribution in [-0.2, 0) is 9.47 Å². The summed E-state index contributed by atoms with van der Waals surface area (Å²) in [5.74, 6) is 1.12. The van der Waals surface area contributed by atoms with Gasteiger partial charge in [-0.1, -0.05) is 23.2 Å². The van der Waals surface area contributed by atoms with Crippen LogP contribution in [0.25, 0.3) is 0 Å². The molecule has 2 nitrogen and oxygen atoms in total. The van der Waals surface area contributed by atoms with Crippen LogP contribution >= 0.6 is 46.4 Å². The van der Waals surface area contributed by atoms with Gasteiger partial charge in [0.15, 0.2) is 0 Å². The maximum atomic E-state index is 6.70. The van der Waals surface area contributed by atoms with Gasteiger partial charge < -0.3 is 9.47 Å². The Bertz CT molecular complexity index is 451. The number of terminal acetylenes is 1. The van der Waals surface area contributed by atoms with E-state index in [1.807, 2.05) is 0 Å². The van der Waals surface area contributed by atoms with E-state index in [2.05, 4.69) is 5.92 Å². The molecule has 3 atom stereocenters. The number of halogens is 4. The predicted molar refractivity (Wildman–Crippen MR) is 74.2 cm³/mol. The van der Waals surface area contributed by atoms with Gasteiger partial charge in [-0.2, -0.15) is 0 Å². The Morgan fingerprint density at radius 1 is 1.28 bits per heavy atom. The van der Waals surface area contributed by atoms with Gasteiger partial charge in [0.05, 0.1) is 10.1 Å². The van der Waals surface area contributed by atoms with Crippen molar-refractivity contribution in [2.75, 3.05) is 14.2 Å². The van der Waals surface area contributed by atoms with Crippen LogP contribution in [0, 0.1) is 18.3 Å². The molecule has 2 aliphatic carbocycles. The smallest absolute Gasteiger partial charge is 0.217 e. The van der Waals surface area contributed by atoms with Crippen molar-refractivity contribution in [1.29, 1.82) is 0 Å². The summed E-state index contributed by atoms with van der Waals surface area (Å²) >= 11 is 25.8. The molecule has 0 N–H and O–H groups in total. The molecule has 2 aliphatic rings. The highest BCUT2D eigenvalue weighted by molar-refractivity contribution is 6.51. The Balaban J connectivity index is 2.66. The zero-order chi connectivity index (χ0) is 13.8. The number of rotatable bonds is 3. The zero-order valence-corrected chi connectivity index (χ0v) is 12.9. The topological polar surface area (TPSA) is 18.5 Å². The van der Waals surface area contributed by atoms with Crippen molar-refractivity contribution in [2.45, 2.75) is 28.4 Å². The van der Waals surface area contributed by atoms with Crippen molar-refractivity contribution in [3.05, 3.63) is 10.1 Å². The number of hydrogen-bond acceptors (Lipinski definition) is 2. The first-order valence-corrected chi connectivity index (χ1v) is 6.84. The molecule has 3 unspecified atom stereocenters. The van der Waals surface area contributed by atoms with E-state index in [-0.39, 0.29) is 16.0 Å². The number of methoxy groups -OCH3 is 2. The minimum absolute atomic E-state index is 0.156. The molecule has 1 fully saturated rings. The van der Waals surface area contributed by atoms with Crippen LogP contribution in [-0.4, -0.2) is 29.8 Å². The molecule has 100 valence electrons. The van der Waals surface area contributed by atoms with Gasteiger partial charge in [0, 0.05) is 26.6 Å². The number of hydrogen-bond donors (Lipinski definition) is 0. The highest BCUT2D eigenvalue weighted by Gasteiger charge is 2.80. The average Bonchev–Trinajstić information content (AvgIpc) is 2.61. The lowest BCUT2D eigenvalue weighted by Crippen LogP contribution is -2.56. The third-order valence-corrected chi connectivity index (χ3v) is 6.52. The number of fused-ring (bicyclic) bond motifs is 2. The van der Waals surface area contributed by atoms with E-state index in [9.17, 15) is 0 Å². The second-order valence-corrected chi connectivity index (χ2v) is 6.47. The maximum Gasteiger partial charge on any atom is 0.217 e. The van der Waals surface area contributed by atoms with Crippen molar-refractivity contribution in [3.63, 3.8) is 0 Å². The van der Waals surface area contributed by atoms with E-state index in [1.54, 1.807) is 0 Å². The molecule has 0 amide bonds. The van der Waals surface area contributed by atoms with E-state index in [4.69, 9.17) is 62.3 Å². The quantitative estimate of drug-likeness (QED) is 0.447. The third-order valence-electron chi connectivity index (χ3n) is 3.89. The molecular formula is C12H12Cl4O2. The molecule has 0 aromatic rings. The number of alkyl halides is 2. The van der Waals surface area contributed by atoms with Crippen molar-refractivity contribution in [2.24, 2.45) is 5.92 Å².